The summed E-state index contributed by atoms with van der Waals surface area (Å²) in [6.07, 6.45) is 10.2. The molecule has 0 N–H and O–H groups in total. The second-order valence-corrected chi connectivity index (χ2v) is 3.14. The smallest absolute Gasteiger partial charge is 0.338 e. The van der Waals surface area contributed by atoms with E-state index in [1.54, 1.807) is 12.2 Å². The highest BCUT2D eigenvalue weighted by Crippen LogP contribution is 2.07. The summed E-state index contributed by atoms with van der Waals surface area (Å²) in [5, 5.41) is 0. The predicted octanol–water partition coefficient (Wildman–Crippen LogP) is 2.38. The Morgan fingerprint density at radius 2 is 2.23 bits per heavy atom. The molecule has 0 radical (unpaired) electrons. The lowest BCUT2D eigenvalue weighted by Gasteiger charge is -2.07. The average molecular weight is 178 g/mol. The molecule has 1 rings (SSSR count). The first-order valence-corrected chi connectivity index (χ1v) is 4.44. The lowest BCUT2D eigenvalue weighted by molar-refractivity contribution is -0.142. The summed E-state index contributed by atoms with van der Waals surface area (Å²) in [6, 6.07) is 0. The van der Waals surface area contributed by atoms with Crippen molar-refractivity contribution in [3.8, 4) is 0 Å². The largest absolute Gasteiger partial charge is 0.459 e. The molecular weight excluding hydrogens is 164 g/mol. The maximum absolute atomic E-state index is 11.4. The number of ether oxygens (including phenoxy) is 1. The molecular formula is C11H14O2. The average Bonchev–Trinajstić information content (AvgIpc) is 2.29. The quantitative estimate of drug-likeness (QED) is 0.607. The van der Waals surface area contributed by atoms with E-state index in [9.17, 15) is 4.79 Å². The summed E-state index contributed by atoms with van der Waals surface area (Å²) in [5.41, 5.74) is 0.613. The number of esters is 1. The van der Waals surface area contributed by atoms with Gasteiger partial charge in [0.2, 0.25) is 0 Å². The van der Waals surface area contributed by atoms with Gasteiger partial charge in [-0.15, -0.1) is 0 Å². The summed E-state index contributed by atoms with van der Waals surface area (Å²) in [7, 11) is 0. The number of hydrogen-bond acceptors (Lipinski definition) is 2. The van der Waals surface area contributed by atoms with Crippen molar-refractivity contribution in [1.82, 2.24) is 0 Å². The summed E-state index contributed by atoms with van der Waals surface area (Å²) < 4.78 is 5.05. The maximum Gasteiger partial charge on any atom is 0.338 e. The van der Waals surface area contributed by atoms with Crippen molar-refractivity contribution < 1.29 is 9.53 Å². The van der Waals surface area contributed by atoms with E-state index in [0.717, 1.165) is 6.42 Å². The van der Waals surface area contributed by atoms with Gasteiger partial charge in [0.05, 0.1) is 11.7 Å². The summed E-state index contributed by atoms with van der Waals surface area (Å²) >= 11 is 0. The summed E-state index contributed by atoms with van der Waals surface area (Å²) in [4.78, 5) is 11.4. The highest BCUT2D eigenvalue weighted by atomic mass is 16.5. The molecule has 0 atom stereocenters. The molecule has 0 amide bonds. The van der Waals surface area contributed by atoms with Gasteiger partial charge in [-0.3, -0.25) is 0 Å². The van der Waals surface area contributed by atoms with Crippen molar-refractivity contribution in [3.05, 3.63) is 36.0 Å². The minimum absolute atomic E-state index is 0.0611. The molecule has 13 heavy (non-hydrogen) atoms. The van der Waals surface area contributed by atoms with Crippen LogP contribution in [-0.2, 0) is 9.53 Å². The zero-order chi connectivity index (χ0) is 9.68. The highest BCUT2D eigenvalue weighted by molar-refractivity contribution is 5.92. The van der Waals surface area contributed by atoms with Gasteiger partial charge in [-0.25, -0.2) is 4.79 Å². The first-order chi connectivity index (χ1) is 6.20. The number of carbonyl (C=O) groups is 1. The van der Waals surface area contributed by atoms with Crippen LogP contribution in [0.2, 0.25) is 0 Å². The Hall–Kier alpha value is -1.31. The Morgan fingerprint density at radius 3 is 2.92 bits per heavy atom. The Balaban J connectivity index is 2.65. The molecule has 0 fully saturated rings. The zero-order valence-electron chi connectivity index (χ0n) is 7.99. The molecule has 0 aromatic rings. The van der Waals surface area contributed by atoms with Crippen molar-refractivity contribution in [2.75, 3.05) is 0 Å². The van der Waals surface area contributed by atoms with Crippen molar-refractivity contribution in [1.29, 1.82) is 0 Å². The third-order valence-corrected chi connectivity index (χ3v) is 1.56. The third-order valence-electron chi connectivity index (χ3n) is 1.56. The van der Waals surface area contributed by atoms with Gasteiger partial charge >= 0.3 is 5.97 Å². The normalized spacial score (nSPS) is 15.5. The van der Waals surface area contributed by atoms with Crippen molar-refractivity contribution in [2.24, 2.45) is 0 Å². The molecule has 0 bridgehead atoms. The fraction of sp³-hybridized carbons (Fsp3) is 0.364. The fourth-order valence-corrected chi connectivity index (χ4v) is 0.998. The molecule has 2 heteroatoms. The van der Waals surface area contributed by atoms with Crippen LogP contribution >= 0.6 is 0 Å². The Bertz CT molecular complexity index is 270. The highest BCUT2D eigenvalue weighted by Gasteiger charge is 2.09. The predicted molar refractivity (Wildman–Crippen MR) is 52.2 cm³/mol. The maximum atomic E-state index is 11.4. The molecule has 0 heterocycles. The summed E-state index contributed by atoms with van der Waals surface area (Å²) in [5.74, 6) is -0.252. The monoisotopic (exact) mass is 178 g/mol. The Labute approximate surface area is 78.6 Å². The van der Waals surface area contributed by atoms with Gasteiger partial charge in [0.25, 0.3) is 0 Å². The number of allylic oxidation sites excluding steroid dienone is 4. The first-order valence-electron chi connectivity index (χ1n) is 4.44. The standard InChI is InChI=1S/C11H14O2/c1-9(2)13-11(12)10-7-5-3-4-6-8-10/h3,5-9H,4H2,1-2H3. The van der Waals surface area contributed by atoms with Crippen molar-refractivity contribution >= 4 is 5.97 Å². The minimum atomic E-state index is -0.252. The number of hydrogen-bond donors (Lipinski definition) is 0. The van der Waals surface area contributed by atoms with Crippen LogP contribution in [0.4, 0.5) is 0 Å². The molecule has 0 saturated carbocycles. The third kappa shape index (κ3) is 3.28. The van der Waals surface area contributed by atoms with Crippen LogP contribution in [-0.4, -0.2) is 12.1 Å². The fourth-order valence-electron chi connectivity index (χ4n) is 0.998. The molecule has 0 saturated heterocycles. The SMILES string of the molecule is CC(C)OC(=O)C1=CC=CCC=C1. The van der Waals surface area contributed by atoms with E-state index in [0.29, 0.717) is 5.57 Å². The second-order valence-electron chi connectivity index (χ2n) is 3.14. The molecule has 1 aliphatic rings. The van der Waals surface area contributed by atoms with Gasteiger partial charge in [0, 0.05) is 0 Å². The van der Waals surface area contributed by atoms with E-state index >= 15 is 0 Å². The van der Waals surface area contributed by atoms with Crippen molar-refractivity contribution in [2.45, 2.75) is 26.4 Å². The van der Waals surface area contributed by atoms with Gasteiger partial charge in [-0.2, -0.15) is 0 Å². The zero-order valence-corrected chi connectivity index (χ0v) is 7.99. The van der Waals surface area contributed by atoms with Crippen LogP contribution in [0.25, 0.3) is 0 Å². The topological polar surface area (TPSA) is 26.3 Å². The van der Waals surface area contributed by atoms with E-state index in [-0.39, 0.29) is 12.1 Å². The van der Waals surface area contributed by atoms with E-state index in [1.165, 1.54) is 0 Å². The van der Waals surface area contributed by atoms with Crippen molar-refractivity contribution in [3.63, 3.8) is 0 Å². The Kier molecular flexibility index (Phi) is 3.50. The van der Waals surface area contributed by atoms with E-state index < -0.39 is 0 Å². The van der Waals surface area contributed by atoms with Crippen LogP contribution in [0, 0.1) is 0 Å². The van der Waals surface area contributed by atoms with Crippen LogP contribution in [0.1, 0.15) is 20.3 Å². The lowest BCUT2D eigenvalue weighted by Crippen LogP contribution is -2.12. The van der Waals surface area contributed by atoms with Crippen LogP contribution in [0.3, 0.4) is 0 Å². The van der Waals surface area contributed by atoms with Gasteiger partial charge in [-0.1, -0.05) is 24.3 Å². The molecule has 1 aliphatic carbocycles. The summed E-state index contributed by atoms with van der Waals surface area (Å²) in [6.45, 7) is 3.68. The molecule has 0 unspecified atom stereocenters. The minimum Gasteiger partial charge on any atom is -0.459 e. The lowest BCUT2D eigenvalue weighted by atomic mass is 10.2. The van der Waals surface area contributed by atoms with Gasteiger partial charge in [0.1, 0.15) is 0 Å². The molecule has 2 nitrogen and oxygen atoms in total. The number of carbonyl (C=O) groups excluding carboxylic acids is 1. The first kappa shape index (κ1) is 9.78. The van der Waals surface area contributed by atoms with Crippen LogP contribution in [0.5, 0.6) is 0 Å². The van der Waals surface area contributed by atoms with E-state index in [1.807, 2.05) is 32.1 Å². The molecule has 70 valence electrons. The Morgan fingerprint density at radius 1 is 1.46 bits per heavy atom. The molecule has 0 aliphatic heterocycles. The molecule has 0 aromatic heterocycles. The molecule has 0 spiro atoms. The van der Waals surface area contributed by atoms with Gasteiger partial charge in [-0.05, 0) is 26.3 Å². The van der Waals surface area contributed by atoms with E-state index in [4.69, 9.17) is 4.74 Å². The van der Waals surface area contributed by atoms with Crippen LogP contribution in [0.15, 0.2) is 36.0 Å². The molecule has 0 aromatic carbocycles. The number of rotatable bonds is 2. The van der Waals surface area contributed by atoms with E-state index in [2.05, 4.69) is 0 Å². The van der Waals surface area contributed by atoms with Crippen LogP contribution < -0.4 is 0 Å². The van der Waals surface area contributed by atoms with Gasteiger partial charge in [0.15, 0.2) is 0 Å². The second kappa shape index (κ2) is 4.65. The van der Waals surface area contributed by atoms with Gasteiger partial charge < -0.3 is 4.74 Å².